The lowest BCUT2D eigenvalue weighted by Crippen LogP contribution is -2.35. The van der Waals surface area contributed by atoms with E-state index in [2.05, 4.69) is 30.0 Å². The molecular formula is C18H20N6OS. The van der Waals surface area contributed by atoms with Gasteiger partial charge in [0, 0.05) is 37.0 Å². The predicted molar refractivity (Wildman–Crippen MR) is 99.0 cm³/mol. The van der Waals surface area contributed by atoms with Crippen LogP contribution in [0.4, 0.5) is 0 Å². The van der Waals surface area contributed by atoms with Gasteiger partial charge < -0.3 is 9.88 Å². The van der Waals surface area contributed by atoms with Crippen molar-refractivity contribution in [3.05, 3.63) is 45.9 Å². The van der Waals surface area contributed by atoms with Crippen molar-refractivity contribution in [1.82, 2.24) is 30.0 Å². The third kappa shape index (κ3) is 3.24. The Morgan fingerprint density at radius 3 is 2.92 bits per heavy atom. The molecule has 1 unspecified atom stereocenters. The number of nitrogens with zero attached hydrogens (tertiary/aromatic N) is 5. The molecule has 0 saturated heterocycles. The van der Waals surface area contributed by atoms with Crippen LogP contribution in [0.15, 0.2) is 24.5 Å². The fourth-order valence-electron chi connectivity index (χ4n) is 3.33. The van der Waals surface area contributed by atoms with Gasteiger partial charge in [0.2, 0.25) is 0 Å². The Balaban J connectivity index is 1.48. The number of amides is 1. The zero-order chi connectivity index (χ0) is 18.1. The van der Waals surface area contributed by atoms with E-state index in [0.717, 1.165) is 53.7 Å². The number of carbonyl (C=O) groups excluding carboxylic acids is 1. The molecule has 3 aromatic rings. The average Bonchev–Trinajstić information content (AvgIpc) is 3.14. The normalized spacial score (nSPS) is 16.8. The van der Waals surface area contributed by atoms with Crippen molar-refractivity contribution in [2.45, 2.75) is 45.7 Å². The summed E-state index contributed by atoms with van der Waals surface area (Å²) in [6.45, 7) is 4.58. The lowest BCUT2D eigenvalue weighted by molar-refractivity contribution is 0.0936. The molecule has 3 aromatic heterocycles. The molecule has 8 heteroatoms. The van der Waals surface area contributed by atoms with E-state index in [1.807, 2.05) is 26.0 Å². The highest BCUT2D eigenvalue weighted by Crippen LogP contribution is 2.23. The summed E-state index contributed by atoms with van der Waals surface area (Å²) in [5.41, 5.74) is 1.76. The number of rotatable bonds is 3. The van der Waals surface area contributed by atoms with E-state index in [4.69, 9.17) is 0 Å². The van der Waals surface area contributed by atoms with Crippen LogP contribution in [0.25, 0.3) is 11.4 Å². The van der Waals surface area contributed by atoms with Crippen LogP contribution in [-0.2, 0) is 13.0 Å². The second-order valence-corrected chi connectivity index (χ2v) is 7.68. The zero-order valence-corrected chi connectivity index (χ0v) is 15.6. The number of aromatic nitrogens is 5. The lowest BCUT2D eigenvalue weighted by Gasteiger charge is -2.15. The van der Waals surface area contributed by atoms with E-state index in [1.54, 1.807) is 12.4 Å². The highest BCUT2D eigenvalue weighted by Gasteiger charge is 2.23. The van der Waals surface area contributed by atoms with Crippen molar-refractivity contribution in [3.63, 3.8) is 0 Å². The first-order chi connectivity index (χ1) is 12.6. The molecular weight excluding hydrogens is 348 g/mol. The number of hydrogen-bond acceptors (Lipinski definition) is 6. The van der Waals surface area contributed by atoms with Crippen LogP contribution in [0.3, 0.4) is 0 Å². The number of hydrogen-bond donors (Lipinski definition) is 1. The van der Waals surface area contributed by atoms with Gasteiger partial charge in [0.15, 0.2) is 5.82 Å². The maximum Gasteiger partial charge on any atom is 0.263 e. The molecule has 4 rings (SSSR count). The number of nitrogens with one attached hydrogen (secondary N) is 1. The summed E-state index contributed by atoms with van der Waals surface area (Å²) < 4.78 is 2.14. The minimum atomic E-state index is -0.0248. The van der Waals surface area contributed by atoms with Crippen LogP contribution in [0.2, 0.25) is 0 Å². The van der Waals surface area contributed by atoms with E-state index in [0.29, 0.717) is 4.88 Å². The number of fused-ring (bicyclic) bond motifs is 1. The topological polar surface area (TPSA) is 85.6 Å². The molecule has 1 aliphatic rings. The highest BCUT2D eigenvalue weighted by molar-refractivity contribution is 7.13. The second kappa shape index (κ2) is 6.95. The first-order valence-electron chi connectivity index (χ1n) is 8.69. The Bertz CT molecular complexity index is 933. The molecule has 0 fully saturated rings. The monoisotopic (exact) mass is 368 g/mol. The van der Waals surface area contributed by atoms with Crippen molar-refractivity contribution in [2.24, 2.45) is 0 Å². The van der Waals surface area contributed by atoms with Crippen molar-refractivity contribution in [2.75, 3.05) is 0 Å². The lowest BCUT2D eigenvalue weighted by atomic mass is 10.1. The van der Waals surface area contributed by atoms with Crippen LogP contribution >= 0.6 is 11.3 Å². The Hall–Kier alpha value is -2.61. The maximum absolute atomic E-state index is 12.6. The Morgan fingerprint density at radius 2 is 2.19 bits per heavy atom. The SMILES string of the molecule is Cc1nc(C)c(C(=O)NC2CCc3nnc(-c4cccnc4)n3CC2)s1. The molecule has 0 spiro atoms. The summed E-state index contributed by atoms with van der Waals surface area (Å²) in [6, 6.07) is 4.01. The zero-order valence-electron chi connectivity index (χ0n) is 14.8. The van der Waals surface area contributed by atoms with Gasteiger partial charge in [-0.2, -0.15) is 0 Å². The van der Waals surface area contributed by atoms with Gasteiger partial charge >= 0.3 is 0 Å². The van der Waals surface area contributed by atoms with Gasteiger partial charge in [0.1, 0.15) is 10.7 Å². The first-order valence-corrected chi connectivity index (χ1v) is 9.51. The Labute approximate surface area is 155 Å². The van der Waals surface area contributed by atoms with Gasteiger partial charge in [-0.25, -0.2) is 4.98 Å². The van der Waals surface area contributed by atoms with Gasteiger partial charge in [0.25, 0.3) is 5.91 Å². The average molecular weight is 368 g/mol. The van der Waals surface area contributed by atoms with Crippen molar-refractivity contribution in [3.8, 4) is 11.4 Å². The molecule has 0 radical (unpaired) electrons. The van der Waals surface area contributed by atoms with Crippen molar-refractivity contribution in [1.29, 1.82) is 0 Å². The van der Waals surface area contributed by atoms with Crippen LogP contribution in [0.1, 0.15) is 39.0 Å². The number of aryl methyl sites for hydroxylation is 3. The molecule has 1 amide bonds. The van der Waals surface area contributed by atoms with E-state index in [9.17, 15) is 4.79 Å². The second-order valence-electron chi connectivity index (χ2n) is 6.48. The van der Waals surface area contributed by atoms with Crippen LogP contribution in [-0.4, -0.2) is 36.7 Å². The minimum absolute atomic E-state index is 0.0248. The third-order valence-electron chi connectivity index (χ3n) is 4.61. The molecule has 7 nitrogen and oxygen atoms in total. The van der Waals surface area contributed by atoms with Gasteiger partial charge in [-0.3, -0.25) is 9.78 Å². The van der Waals surface area contributed by atoms with Gasteiger partial charge in [0.05, 0.1) is 10.7 Å². The van der Waals surface area contributed by atoms with Crippen molar-refractivity contribution >= 4 is 17.2 Å². The number of carbonyl (C=O) groups is 1. The molecule has 0 aromatic carbocycles. The van der Waals surface area contributed by atoms with E-state index >= 15 is 0 Å². The summed E-state index contributed by atoms with van der Waals surface area (Å²) in [6.07, 6.45) is 6.04. The van der Waals surface area contributed by atoms with E-state index in [-0.39, 0.29) is 11.9 Å². The number of pyridine rings is 1. The van der Waals surface area contributed by atoms with Gasteiger partial charge in [-0.15, -0.1) is 21.5 Å². The molecule has 0 bridgehead atoms. The highest BCUT2D eigenvalue weighted by atomic mass is 32.1. The number of thiazole rings is 1. The molecule has 1 atom stereocenters. The summed E-state index contributed by atoms with van der Waals surface area (Å²) in [5, 5.41) is 12.8. The molecule has 4 heterocycles. The smallest absolute Gasteiger partial charge is 0.263 e. The molecule has 0 aliphatic carbocycles. The largest absolute Gasteiger partial charge is 0.348 e. The van der Waals surface area contributed by atoms with Gasteiger partial charge in [-0.05, 0) is 38.8 Å². The summed E-state index contributed by atoms with van der Waals surface area (Å²) in [5.74, 6) is 1.78. The van der Waals surface area contributed by atoms with Crippen LogP contribution < -0.4 is 5.32 Å². The van der Waals surface area contributed by atoms with Crippen LogP contribution in [0.5, 0.6) is 0 Å². The molecule has 134 valence electrons. The fourth-order valence-corrected chi connectivity index (χ4v) is 4.16. The summed E-state index contributed by atoms with van der Waals surface area (Å²) in [7, 11) is 0. The predicted octanol–water partition coefficient (Wildman–Crippen LogP) is 2.55. The Kier molecular flexibility index (Phi) is 4.50. The Morgan fingerprint density at radius 1 is 1.31 bits per heavy atom. The van der Waals surface area contributed by atoms with Crippen molar-refractivity contribution < 1.29 is 4.79 Å². The standard InChI is InChI=1S/C18H20N6OS/c1-11-16(26-12(2)20-11)18(25)21-14-5-6-15-22-23-17(24(15)9-7-14)13-4-3-8-19-10-13/h3-4,8,10,14H,5-7,9H2,1-2H3,(H,21,25). The molecule has 1 aliphatic heterocycles. The summed E-state index contributed by atoms with van der Waals surface area (Å²) in [4.78, 5) is 21.8. The van der Waals surface area contributed by atoms with Crippen LogP contribution in [0, 0.1) is 13.8 Å². The van der Waals surface area contributed by atoms with Gasteiger partial charge in [-0.1, -0.05) is 0 Å². The van der Waals surface area contributed by atoms with E-state index < -0.39 is 0 Å². The first kappa shape index (κ1) is 16.8. The molecule has 26 heavy (non-hydrogen) atoms. The minimum Gasteiger partial charge on any atom is -0.348 e. The third-order valence-corrected chi connectivity index (χ3v) is 5.68. The fraction of sp³-hybridized carbons (Fsp3) is 0.389. The quantitative estimate of drug-likeness (QED) is 0.768. The molecule has 0 saturated carbocycles. The molecule has 1 N–H and O–H groups in total. The maximum atomic E-state index is 12.6. The summed E-state index contributed by atoms with van der Waals surface area (Å²) >= 11 is 1.45. The van der Waals surface area contributed by atoms with E-state index in [1.165, 1.54) is 11.3 Å².